The van der Waals surface area contributed by atoms with E-state index in [-0.39, 0.29) is 6.54 Å². The highest BCUT2D eigenvalue weighted by Gasteiger charge is 2.27. The summed E-state index contributed by atoms with van der Waals surface area (Å²) in [5.41, 5.74) is 0. The minimum Gasteiger partial charge on any atom is -0.347 e. The highest BCUT2D eigenvalue weighted by molar-refractivity contribution is 7.89. The second-order valence-corrected chi connectivity index (χ2v) is 5.32. The van der Waals surface area contributed by atoms with E-state index in [0.29, 0.717) is 5.82 Å². The minimum atomic E-state index is -4.32. The average molecular weight is 271 g/mol. The van der Waals surface area contributed by atoms with Crippen molar-refractivity contribution in [2.24, 2.45) is 0 Å². The lowest BCUT2D eigenvalue weighted by molar-refractivity contribution is -0.134. The van der Waals surface area contributed by atoms with E-state index in [1.165, 1.54) is 12.4 Å². The van der Waals surface area contributed by atoms with Crippen LogP contribution in [0.5, 0.6) is 0 Å². The zero-order valence-corrected chi connectivity index (χ0v) is 9.61. The molecule has 0 aliphatic carbocycles. The number of imidazole rings is 1. The van der Waals surface area contributed by atoms with Crippen LogP contribution in [0.25, 0.3) is 0 Å². The molecule has 1 aromatic rings. The monoisotopic (exact) mass is 271 g/mol. The predicted molar refractivity (Wildman–Crippen MR) is 54.5 cm³/mol. The van der Waals surface area contributed by atoms with Crippen molar-refractivity contribution in [2.45, 2.75) is 25.6 Å². The van der Waals surface area contributed by atoms with Crippen LogP contribution in [-0.4, -0.2) is 30.3 Å². The van der Waals surface area contributed by atoms with Gasteiger partial charge < -0.3 is 4.98 Å². The predicted octanol–water partition coefficient (Wildman–Crippen LogP) is 1.17. The first-order valence-corrected chi connectivity index (χ1v) is 6.46. The second kappa shape index (κ2) is 5.50. The first-order chi connectivity index (χ1) is 7.79. The molecular formula is C8H12F3N3O2S. The standard InChI is InChI=1S/C8H12F3N3O2S/c9-8(10,11)2-1-5-17(15,16)14-6-7-12-3-4-13-7/h3-4,14H,1-2,5-6H2,(H,12,13). The molecule has 0 saturated carbocycles. The molecule has 5 nitrogen and oxygen atoms in total. The van der Waals surface area contributed by atoms with Gasteiger partial charge in [-0.3, -0.25) is 0 Å². The quantitative estimate of drug-likeness (QED) is 0.815. The van der Waals surface area contributed by atoms with Crippen LogP contribution < -0.4 is 4.72 Å². The molecule has 0 spiro atoms. The Hall–Kier alpha value is -1.09. The van der Waals surface area contributed by atoms with Crippen LogP contribution in [0.4, 0.5) is 13.2 Å². The van der Waals surface area contributed by atoms with Crippen molar-refractivity contribution in [2.75, 3.05) is 5.75 Å². The highest BCUT2D eigenvalue weighted by atomic mass is 32.2. The maximum Gasteiger partial charge on any atom is 0.389 e. The number of alkyl halides is 3. The van der Waals surface area contributed by atoms with Gasteiger partial charge in [0, 0.05) is 18.8 Å². The fourth-order valence-electron chi connectivity index (χ4n) is 1.11. The van der Waals surface area contributed by atoms with Crippen molar-refractivity contribution >= 4 is 10.0 Å². The molecule has 9 heteroatoms. The number of aromatic amines is 1. The van der Waals surface area contributed by atoms with E-state index >= 15 is 0 Å². The number of hydrogen-bond donors (Lipinski definition) is 2. The molecule has 0 radical (unpaired) electrons. The van der Waals surface area contributed by atoms with Crippen molar-refractivity contribution < 1.29 is 21.6 Å². The van der Waals surface area contributed by atoms with Gasteiger partial charge in [-0.15, -0.1) is 0 Å². The van der Waals surface area contributed by atoms with Gasteiger partial charge in [0.05, 0.1) is 12.3 Å². The Balaban J connectivity index is 2.31. The van der Waals surface area contributed by atoms with E-state index in [1.807, 2.05) is 0 Å². The fraction of sp³-hybridized carbons (Fsp3) is 0.625. The highest BCUT2D eigenvalue weighted by Crippen LogP contribution is 2.21. The van der Waals surface area contributed by atoms with Gasteiger partial charge in [0.1, 0.15) is 5.82 Å². The summed E-state index contributed by atoms with van der Waals surface area (Å²) in [5, 5.41) is 0. The fourth-order valence-corrected chi connectivity index (χ4v) is 2.13. The zero-order chi connectivity index (χ0) is 12.9. The van der Waals surface area contributed by atoms with Crippen molar-refractivity contribution in [3.8, 4) is 0 Å². The lowest BCUT2D eigenvalue weighted by Crippen LogP contribution is -2.27. The van der Waals surface area contributed by atoms with Crippen LogP contribution in [0.2, 0.25) is 0 Å². The van der Waals surface area contributed by atoms with Gasteiger partial charge in [0.15, 0.2) is 0 Å². The molecule has 0 aromatic carbocycles. The van der Waals surface area contributed by atoms with E-state index in [0.717, 1.165) is 0 Å². The van der Waals surface area contributed by atoms with E-state index in [9.17, 15) is 21.6 Å². The first-order valence-electron chi connectivity index (χ1n) is 4.81. The Kier molecular flexibility index (Phi) is 4.52. The third-order valence-electron chi connectivity index (χ3n) is 1.89. The summed E-state index contributed by atoms with van der Waals surface area (Å²) in [4.78, 5) is 6.45. The minimum absolute atomic E-state index is 0.0542. The first kappa shape index (κ1) is 14.0. The molecule has 2 N–H and O–H groups in total. The van der Waals surface area contributed by atoms with E-state index in [4.69, 9.17) is 0 Å². The van der Waals surface area contributed by atoms with Crippen LogP contribution in [0.15, 0.2) is 12.4 Å². The number of halogens is 3. The van der Waals surface area contributed by atoms with Gasteiger partial charge in [-0.1, -0.05) is 0 Å². The Morgan fingerprint density at radius 2 is 2.12 bits per heavy atom. The number of H-pyrrole nitrogens is 1. The molecule has 1 heterocycles. The summed E-state index contributed by atoms with van der Waals surface area (Å²) in [5.74, 6) is -0.142. The van der Waals surface area contributed by atoms with Gasteiger partial charge in [0.25, 0.3) is 0 Å². The van der Waals surface area contributed by atoms with Crippen molar-refractivity contribution in [1.82, 2.24) is 14.7 Å². The molecular weight excluding hydrogens is 259 g/mol. The van der Waals surface area contributed by atoms with E-state index in [2.05, 4.69) is 14.7 Å². The van der Waals surface area contributed by atoms with Gasteiger partial charge in [0.2, 0.25) is 10.0 Å². The number of rotatable bonds is 6. The molecule has 0 aliphatic rings. The summed E-state index contributed by atoms with van der Waals surface area (Å²) < 4.78 is 60.2. The van der Waals surface area contributed by atoms with Crippen LogP contribution in [-0.2, 0) is 16.6 Å². The van der Waals surface area contributed by atoms with Crippen LogP contribution in [0, 0.1) is 0 Å². The summed E-state index contributed by atoms with van der Waals surface area (Å²) >= 11 is 0. The van der Waals surface area contributed by atoms with E-state index < -0.39 is 34.8 Å². The lowest BCUT2D eigenvalue weighted by Gasteiger charge is -2.07. The number of sulfonamides is 1. The molecule has 1 rings (SSSR count). The number of hydrogen-bond acceptors (Lipinski definition) is 3. The largest absolute Gasteiger partial charge is 0.389 e. The molecule has 0 unspecified atom stereocenters. The molecule has 1 aromatic heterocycles. The van der Waals surface area contributed by atoms with Crippen molar-refractivity contribution in [3.05, 3.63) is 18.2 Å². The summed E-state index contributed by atoms with van der Waals surface area (Å²) in [6.07, 6.45) is -2.90. The van der Waals surface area contributed by atoms with Crippen molar-refractivity contribution in [1.29, 1.82) is 0 Å². The normalized spacial score (nSPS) is 12.9. The van der Waals surface area contributed by atoms with Gasteiger partial charge >= 0.3 is 6.18 Å². The van der Waals surface area contributed by atoms with Crippen molar-refractivity contribution in [3.63, 3.8) is 0 Å². The van der Waals surface area contributed by atoms with Gasteiger partial charge in [-0.25, -0.2) is 18.1 Å². The number of nitrogens with zero attached hydrogens (tertiary/aromatic N) is 1. The van der Waals surface area contributed by atoms with Crippen LogP contribution >= 0.6 is 0 Å². The molecule has 17 heavy (non-hydrogen) atoms. The maximum absolute atomic E-state index is 11.8. The Labute approximate surface area is 96.5 Å². The SMILES string of the molecule is O=S(=O)(CCCC(F)(F)F)NCc1ncc[nH]1. The van der Waals surface area contributed by atoms with E-state index in [1.54, 1.807) is 0 Å². The second-order valence-electron chi connectivity index (χ2n) is 3.39. The lowest BCUT2D eigenvalue weighted by atomic mass is 10.3. The van der Waals surface area contributed by atoms with Gasteiger partial charge in [-0.05, 0) is 6.42 Å². The molecule has 0 atom stereocenters. The molecule has 0 amide bonds. The Bertz CT molecular complexity index is 427. The molecule has 0 bridgehead atoms. The smallest absolute Gasteiger partial charge is 0.347 e. The van der Waals surface area contributed by atoms with Crippen LogP contribution in [0.3, 0.4) is 0 Å². The Morgan fingerprint density at radius 1 is 1.41 bits per heavy atom. The summed E-state index contributed by atoms with van der Waals surface area (Å²) in [6.45, 7) is -0.0542. The topological polar surface area (TPSA) is 74.8 Å². The maximum atomic E-state index is 11.8. The third kappa shape index (κ3) is 6.27. The molecule has 0 saturated heterocycles. The zero-order valence-electron chi connectivity index (χ0n) is 8.79. The molecule has 0 fully saturated rings. The van der Waals surface area contributed by atoms with Crippen LogP contribution in [0.1, 0.15) is 18.7 Å². The summed E-state index contributed by atoms with van der Waals surface area (Å²) in [6, 6.07) is 0. The number of nitrogens with one attached hydrogen (secondary N) is 2. The Morgan fingerprint density at radius 3 is 2.65 bits per heavy atom. The third-order valence-corrected chi connectivity index (χ3v) is 3.30. The number of aromatic nitrogens is 2. The average Bonchev–Trinajstić information content (AvgIpc) is 2.64. The molecule has 0 aliphatic heterocycles. The molecule has 98 valence electrons. The summed E-state index contributed by atoms with van der Waals surface area (Å²) in [7, 11) is -3.69. The van der Waals surface area contributed by atoms with Gasteiger partial charge in [-0.2, -0.15) is 13.2 Å².